The number of anilines is 1. The lowest BCUT2D eigenvalue weighted by molar-refractivity contribution is -0.128. The van der Waals surface area contributed by atoms with Crippen molar-refractivity contribution < 1.29 is 19.1 Å². The number of methoxy groups -OCH3 is 1. The minimum Gasteiger partial charge on any atom is -0.465 e. The van der Waals surface area contributed by atoms with Crippen LogP contribution in [0.3, 0.4) is 0 Å². The van der Waals surface area contributed by atoms with Crippen LogP contribution in [0.1, 0.15) is 39.1 Å². The highest BCUT2D eigenvalue weighted by Crippen LogP contribution is 2.16. The van der Waals surface area contributed by atoms with Gasteiger partial charge < -0.3 is 15.0 Å². The van der Waals surface area contributed by atoms with Crippen molar-refractivity contribution in [3.63, 3.8) is 0 Å². The fraction of sp³-hybridized carbons (Fsp3) is 0.250. The van der Waals surface area contributed by atoms with Crippen LogP contribution in [0.25, 0.3) is 0 Å². The first-order valence-electron chi connectivity index (χ1n) is 8.43. The van der Waals surface area contributed by atoms with Gasteiger partial charge in [-0.2, -0.15) is 0 Å². The summed E-state index contributed by atoms with van der Waals surface area (Å²) in [5.74, 6) is -0.511. The molecule has 2 aromatic carbocycles. The molecule has 0 bridgehead atoms. The maximum absolute atomic E-state index is 12.5. The minimum absolute atomic E-state index is 0.158. The molecule has 1 saturated heterocycles. The molecule has 26 heavy (non-hydrogen) atoms. The number of esters is 1. The van der Waals surface area contributed by atoms with E-state index in [1.165, 1.54) is 7.11 Å². The normalized spacial score (nSPS) is 13.6. The van der Waals surface area contributed by atoms with Gasteiger partial charge in [-0.1, -0.05) is 12.1 Å². The smallest absolute Gasteiger partial charge is 0.337 e. The summed E-state index contributed by atoms with van der Waals surface area (Å²) in [6, 6.07) is 13.7. The molecule has 1 aliphatic rings. The van der Waals surface area contributed by atoms with E-state index in [1.54, 1.807) is 36.4 Å². The van der Waals surface area contributed by atoms with Gasteiger partial charge in [-0.3, -0.25) is 9.59 Å². The Morgan fingerprint density at radius 2 is 1.88 bits per heavy atom. The van der Waals surface area contributed by atoms with Crippen molar-refractivity contribution in [2.24, 2.45) is 0 Å². The Morgan fingerprint density at radius 3 is 2.54 bits per heavy atom. The summed E-state index contributed by atoms with van der Waals surface area (Å²) in [4.78, 5) is 37.5. The van der Waals surface area contributed by atoms with Gasteiger partial charge in [-0.25, -0.2) is 4.79 Å². The number of rotatable bonds is 5. The number of hydrogen-bond donors (Lipinski definition) is 1. The van der Waals surface area contributed by atoms with Crippen LogP contribution in [0.2, 0.25) is 0 Å². The third kappa shape index (κ3) is 4.08. The van der Waals surface area contributed by atoms with Crippen LogP contribution in [0.15, 0.2) is 48.5 Å². The number of likely N-dealkylation sites (tertiary alicyclic amines) is 1. The van der Waals surface area contributed by atoms with Crippen molar-refractivity contribution in [3.05, 3.63) is 65.2 Å². The number of benzene rings is 2. The molecule has 2 aromatic rings. The average Bonchev–Trinajstić information content (AvgIpc) is 3.06. The zero-order valence-electron chi connectivity index (χ0n) is 14.5. The molecule has 0 unspecified atom stereocenters. The van der Waals surface area contributed by atoms with Gasteiger partial charge in [0, 0.05) is 30.8 Å². The molecule has 2 amide bonds. The predicted molar refractivity (Wildman–Crippen MR) is 96.8 cm³/mol. The van der Waals surface area contributed by atoms with Crippen molar-refractivity contribution >= 4 is 23.5 Å². The molecule has 0 spiro atoms. The minimum atomic E-state index is -0.424. The summed E-state index contributed by atoms with van der Waals surface area (Å²) in [5.41, 5.74) is 2.45. The summed E-state index contributed by atoms with van der Waals surface area (Å²) in [6.45, 7) is 1.29. The van der Waals surface area contributed by atoms with E-state index in [0.717, 1.165) is 18.5 Å². The number of amides is 2. The Bertz CT molecular complexity index is 830. The summed E-state index contributed by atoms with van der Waals surface area (Å²) in [5, 5.41) is 2.80. The first kappa shape index (κ1) is 17.7. The Hall–Kier alpha value is -3.15. The molecule has 1 N–H and O–H groups in total. The van der Waals surface area contributed by atoms with Crippen molar-refractivity contribution in [2.45, 2.75) is 19.4 Å². The van der Waals surface area contributed by atoms with Crippen LogP contribution in [0.4, 0.5) is 5.69 Å². The second-order valence-electron chi connectivity index (χ2n) is 6.14. The standard InChI is InChI=1S/C20H20N2O4/c1-26-20(25)15-7-9-17(10-8-15)21-19(24)16-5-2-4-14(12-16)13-22-11-3-6-18(22)23/h2,4-5,7-10,12H,3,6,11,13H2,1H3,(H,21,24). The molecule has 0 atom stereocenters. The zero-order valence-corrected chi connectivity index (χ0v) is 14.5. The van der Waals surface area contributed by atoms with Crippen molar-refractivity contribution in [1.29, 1.82) is 0 Å². The fourth-order valence-electron chi connectivity index (χ4n) is 2.91. The van der Waals surface area contributed by atoms with Crippen LogP contribution < -0.4 is 5.32 Å². The molecule has 6 nitrogen and oxygen atoms in total. The second-order valence-corrected chi connectivity index (χ2v) is 6.14. The molecule has 1 aliphatic heterocycles. The lowest BCUT2D eigenvalue weighted by Crippen LogP contribution is -2.24. The first-order chi connectivity index (χ1) is 12.6. The van der Waals surface area contributed by atoms with E-state index in [0.29, 0.717) is 29.8 Å². The third-order valence-corrected chi connectivity index (χ3v) is 4.30. The lowest BCUT2D eigenvalue weighted by Gasteiger charge is -2.16. The highest BCUT2D eigenvalue weighted by Gasteiger charge is 2.20. The highest BCUT2D eigenvalue weighted by atomic mass is 16.5. The molecule has 3 rings (SSSR count). The molecule has 0 aromatic heterocycles. The monoisotopic (exact) mass is 352 g/mol. The molecular weight excluding hydrogens is 332 g/mol. The van der Waals surface area contributed by atoms with E-state index in [9.17, 15) is 14.4 Å². The van der Waals surface area contributed by atoms with Gasteiger partial charge in [0.2, 0.25) is 5.91 Å². The van der Waals surface area contributed by atoms with Crippen molar-refractivity contribution in [3.8, 4) is 0 Å². The Kier molecular flexibility index (Phi) is 5.31. The number of hydrogen-bond acceptors (Lipinski definition) is 4. The molecule has 0 aliphatic carbocycles. The SMILES string of the molecule is COC(=O)c1ccc(NC(=O)c2cccc(CN3CCCC3=O)c2)cc1. The summed E-state index contributed by atoms with van der Waals surface area (Å²) in [7, 11) is 1.32. The Morgan fingerprint density at radius 1 is 1.12 bits per heavy atom. The third-order valence-electron chi connectivity index (χ3n) is 4.30. The first-order valence-corrected chi connectivity index (χ1v) is 8.43. The van der Waals surface area contributed by atoms with E-state index in [1.807, 2.05) is 17.0 Å². The summed E-state index contributed by atoms with van der Waals surface area (Å²) >= 11 is 0. The van der Waals surface area contributed by atoms with Gasteiger partial charge in [0.05, 0.1) is 12.7 Å². The van der Waals surface area contributed by atoms with Gasteiger partial charge in [0.25, 0.3) is 5.91 Å². The Balaban J connectivity index is 1.67. The number of nitrogens with one attached hydrogen (secondary N) is 1. The van der Waals surface area contributed by atoms with Crippen LogP contribution in [0.5, 0.6) is 0 Å². The molecule has 0 saturated carbocycles. The summed E-state index contributed by atoms with van der Waals surface area (Å²) in [6.07, 6.45) is 1.49. The summed E-state index contributed by atoms with van der Waals surface area (Å²) < 4.78 is 4.65. The van der Waals surface area contributed by atoms with Crippen LogP contribution >= 0.6 is 0 Å². The largest absolute Gasteiger partial charge is 0.465 e. The molecular formula is C20H20N2O4. The maximum atomic E-state index is 12.5. The second kappa shape index (κ2) is 7.82. The van der Waals surface area contributed by atoms with E-state index in [-0.39, 0.29) is 11.8 Å². The van der Waals surface area contributed by atoms with Crippen LogP contribution in [-0.2, 0) is 16.1 Å². The van der Waals surface area contributed by atoms with E-state index < -0.39 is 5.97 Å². The molecule has 1 heterocycles. The number of ether oxygens (including phenoxy) is 1. The van der Waals surface area contributed by atoms with Crippen LogP contribution in [-0.4, -0.2) is 36.3 Å². The quantitative estimate of drug-likeness (QED) is 0.840. The van der Waals surface area contributed by atoms with Gasteiger partial charge in [-0.05, 0) is 48.4 Å². The molecule has 6 heteroatoms. The number of carbonyl (C=O) groups excluding carboxylic acids is 3. The maximum Gasteiger partial charge on any atom is 0.337 e. The number of carbonyl (C=O) groups is 3. The molecule has 0 radical (unpaired) electrons. The fourth-order valence-corrected chi connectivity index (χ4v) is 2.91. The van der Waals surface area contributed by atoms with Gasteiger partial charge in [0.15, 0.2) is 0 Å². The molecule has 134 valence electrons. The van der Waals surface area contributed by atoms with E-state index in [2.05, 4.69) is 10.1 Å². The van der Waals surface area contributed by atoms with E-state index >= 15 is 0 Å². The average molecular weight is 352 g/mol. The molecule has 1 fully saturated rings. The van der Waals surface area contributed by atoms with E-state index in [4.69, 9.17) is 0 Å². The van der Waals surface area contributed by atoms with Crippen molar-refractivity contribution in [2.75, 3.05) is 19.0 Å². The van der Waals surface area contributed by atoms with Gasteiger partial charge in [0.1, 0.15) is 0 Å². The van der Waals surface area contributed by atoms with Crippen LogP contribution in [0, 0.1) is 0 Å². The Labute approximate surface area is 151 Å². The predicted octanol–water partition coefficient (Wildman–Crippen LogP) is 2.85. The lowest BCUT2D eigenvalue weighted by atomic mass is 10.1. The van der Waals surface area contributed by atoms with Gasteiger partial charge >= 0.3 is 5.97 Å². The van der Waals surface area contributed by atoms with Gasteiger partial charge in [-0.15, -0.1) is 0 Å². The highest BCUT2D eigenvalue weighted by molar-refractivity contribution is 6.04. The number of nitrogens with zero attached hydrogens (tertiary/aromatic N) is 1. The van der Waals surface area contributed by atoms with Crippen molar-refractivity contribution in [1.82, 2.24) is 4.90 Å². The topological polar surface area (TPSA) is 75.7 Å². The zero-order chi connectivity index (χ0) is 18.5.